The number of aliphatic hydroxyl groups excluding tert-OH is 1. The van der Waals surface area contributed by atoms with Crippen LogP contribution in [0.1, 0.15) is 45.4 Å². The van der Waals surface area contributed by atoms with Gasteiger partial charge in [0.05, 0.1) is 17.8 Å². The zero-order chi connectivity index (χ0) is 17.1. The van der Waals surface area contributed by atoms with Crippen LogP contribution < -0.4 is 0 Å². The van der Waals surface area contributed by atoms with Crippen LogP contribution in [0, 0.1) is 11.8 Å². The summed E-state index contributed by atoms with van der Waals surface area (Å²) in [7, 11) is -1.01. The van der Waals surface area contributed by atoms with Crippen molar-refractivity contribution in [1.82, 2.24) is 4.98 Å². The minimum absolute atomic E-state index is 0.0209. The van der Waals surface area contributed by atoms with Gasteiger partial charge >= 0.3 is 7.12 Å². The SMILES string of the molecule is CC1(C)OB(C(F)=Cc2ccc(C#CCCO)nc2)OC1(C)C. The number of hydrogen-bond acceptors (Lipinski definition) is 4. The number of aromatic nitrogens is 1. The third kappa shape index (κ3) is 4.20. The highest BCUT2D eigenvalue weighted by molar-refractivity contribution is 6.54. The van der Waals surface area contributed by atoms with Crippen molar-refractivity contribution in [2.24, 2.45) is 0 Å². The third-order valence-corrected chi connectivity index (χ3v) is 4.02. The smallest absolute Gasteiger partial charge is 0.398 e. The van der Waals surface area contributed by atoms with Crippen molar-refractivity contribution in [2.75, 3.05) is 6.61 Å². The van der Waals surface area contributed by atoms with Crippen LogP contribution in [-0.4, -0.2) is 35.0 Å². The monoisotopic (exact) mass is 317 g/mol. The van der Waals surface area contributed by atoms with Crippen LogP contribution in [-0.2, 0) is 9.31 Å². The van der Waals surface area contributed by atoms with Crippen LogP contribution in [0.15, 0.2) is 24.1 Å². The van der Waals surface area contributed by atoms with E-state index in [2.05, 4.69) is 16.8 Å². The molecule has 2 heterocycles. The summed E-state index contributed by atoms with van der Waals surface area (Å²) in [4.78, 5) is 4.14. The Bertz CT molecular complexity index is 628. The van der Waals surface area contributed by atoms with E-state index < -0.39 is 24.0 Å². The van der Waals surface area contributed by atoms with Gasteiger partial charge in [-0.3, -0.25) is 0 Å². The van der Waals surface area contributed by atoms with E-state index >= 15 is 0 Å². The van der Waals surface area contributed by atoms with Crippen LogP contribution in [0.5, 0.6) is 0 Å². The van der Waals surface area contributed by atoms with Gasteiger partial charge in [-0.05, 0) is 51.3 Å². The van der Waals surface area contributed by atoms with E-state index in [1.54, 1.807) is 12.1 Å². The van der Waals surface area contributed by atoms with E-state index in [9.17, 15) is 4.39 Å². The molecular formula is C17H21BFNO3. The molecule has 1 saturated heterocycles. The number of rotatable bonds is 3. The van der Waals surface area contributed by atoms with E-state index in [4.69, 9.17) is 14.4 Å². The molecule has 1 fully saturated rings. The molecule has 0 aromatic carbocycles. The summed E-state index contributed by atoms with van der Waals surface area (Å²) in [6.45, 7) is 7.53. The Morgan fingerprint density at radius 2 is 1.96 bits per heavy atom. The fraction of sp³-hybridized carbons (Fsp3) is 0.471. The van der Waals surface area contributed by atoms with Crippen LogP contribution >= 0.6 is 0 Å². The number of nitrogens with zero attached hydrogens (tertiary/aromatic N) is 1. The molecule has 0 aliphatic carbocycles. The second kappa shape index (κ2) is 6.83. The molecule has 0 unspecified atom stereocenters. The lowest BCUT2D eigenvalue weighted by Gasteiger charge is -2.32. The maximum atomic E-state index is 14.4. The highest BCUT2D eigenvalue weighted by Crippen LogP contribution is 2.38. The van der Waals surface area contributed by atoms with Crippen molar-refractivity contribution in [2.45, 2.75) is 45.3 Å². The third-order valence-electron chi connectivity index (χ3n) is 4.02. The van der Waals surface area contributed by atoms with Gasteiger partial charge in [-0.1, -0.05) is 12.0 Å². The van der Waals surface area contributed by atoms with Crippen molar-refractivity contribution < 1.29 is 18.8 Å². The average Bonchev–Trinajstić information content (AvgIpc) is 2.70. The standard InChI is InChI=1S/C17H21BFNO3/c1-16(2)17(3,4)23-18(22-16)15(19)11-13-8-9-14(20-12-13)7-5-6-10-21/h8-9,11-12,21H,6,10H2,1-4H3. The van der Waals surface area contributed by atoms with Gasteiger partial charge in [0, 0.05) is 12.6 Å². The Labute approximate surface area is 136 Å². The molecule has 6 heteroatoms. The molecule has 0 spiro atoms. The molecule has 0 bridgehead atoms. The summed E-state index contributed by atoms with van der Waals surface area (Å²) >= 11 is 0. The highest BCUT2D eigenvalue weighted by Gasteiger charge is 2.53. The summed E-state index contributed by atoms with van der Waals surface area (Å²) in [6.07, 6.45) is 3.29. The van der Waals surface area contributed by atoms with E-state index in [-0.39, 0.29) is 6.61 Å². The maximum Gasteiger partial charge on any atom is 0.525 e. The molecule has 4 nitrogen and oxygen atoms in total. The zero-order valence-corrected chi connectivity index (χ0v) is 13.9. The largest absolute Gasteiger partial charge is 0.525 e. The molecule has 0 atom stereocenters. The summed E-state index contributed by atoms with van der Waals surface area (Å²) in [6, 6.07) is 3.43. The lowest BCUT2D eigenvalue weighted by molar-refractivity contribution is 0.00578. The van der Waals surface area contributed by atoms with Gasteiger partial charge < -0.3 is 14.4 Å². The van der Waals surface area contributed by atoms with Gasteiger partial charge in [-0.15, -0.1) is 0 Å². The minimum Gasteiger partial charge on any atom is -0.398 e. The van der Waals surface area contributed by atoms with Gasteiger partial charge in [0.25, 0.3) is 0 Å². The predicted molar refractivity (Wildman–Crippen MR) is 88.0 cm³/mol. The van der Waals surface area contributed by atoms with Crippen molar-refractivity contribution >= 4 is 13.2 Å². The first-order valence-corrected chi connectivity index (χ1v) is 7.54. The predicted octanol–water partition coefficient (Wildman–Crippen LogP) is 2.76. The second-order valence-corrected chi connectivity index (χ2v) is 6.37. The first-order chi connectivity index (χ1) is 10.7. The molecule has 1 aromatic rings. The number of pyridine rings is 1. The molecule has 0 saturated carbocycles. The zero-order valence-electron chi connectivity index (χ0n) is 13.9. The van der Waals surface area contributed by atoms with Crippen LogP contribution in [0.25, 0.3) is 6.08 Å². The van der Waals surface area contributed by atoms with Crippen molar-refractivity contribution in [1.29, 1.82) is 0 Å². The topological polar surface area (TPSA) is 51.6 Å². The van der Waals surface area contributed by atoms with Gasteiger partial charge in [0.2, 0.25) is 0 Å². The van der Waals surface area contributed by atoms with Gasteiger partial charge in [-0.25, -0.2) is 9.37 Å². The normalized spacial score (nSPS) is 19.4. The molecule has 1 aliphatic heterocycles. The Balaban J connectivity index is 2.09. The minimum atomic E-state index is -1.01. The number of aliphatic hydroxyl groups is 1. The van der Waals surface area contributed by atoms with Gasteiger partial charge in [0.1, 0.15) is 11.4 Å². The lowest BCUT2D eigenvalue weighted by Crippen LogP contribution is -2.41. The molecule has 23 heavy (non-hydrogen) atoms. The van der Waals surface area contributed by atoms with E-state index in [1.807, 2.05) is 27.7 Å². The molecule has 1 N–H and O–H groups in total. The maximum absolute atomic E-state index is 14.4. The van der Waals surface area contributed by atoms with Gasteiger partial charge in [-0.2, -0.15) is 0 Å². The summed E-state index contributed by atoms with van der Waals surface area (Å²) in [5.74, 6) is 5.60. The molecule has 1 aromatic heterocycles. The first-order valence-electron chi connectivity index (χ1n) is 7.54. The Hall–Kier alpha value is -1.68. The van der Waals surface area contributed by atoms with Crippen LogP contribution in [0.4, 0.5) is 4.39 Å². The molecule has 122 valence electrons. The fourth-order valence-electron chi connectivity index (χ4n) is 1.96. The first kappa shape index (κ1) is 17.7. The Morgan fingerprint density at radius 1 is 1.30 bits per heavy atom. The summed E-state index contributed by atoms with van der Waals surface area (Å²) in [5.41, 5.74) is -0.471. The molecule has 0 amide bonds. The van der Waals surface area contributed by atoms with Crippen molar-refractivity contribution in [3.63, 3.8) is 0 Å². The van der Waals surface area contributed by atoms with E-state index in [0.717, 1.165) is 0 Å². The Morgan fingerprint density at radius 3 is 2.48 bits per heavy atom. The second-order valence-electron chi connectivity index (χ2n) is 6.37. The number of halogens is 1. The lowest BCUT2D eigenvalue weighted by atomic mass is 9.87. The quantitative estimate of drug-likeness (QED) is 0.688. The molecule has 0 radical (unpaired) electrons. The summed E-state index contributed by atoms with van der Waals surface area (Å²) in [5, 5.41) is 8.67. The Kier molecular flexibility index (Phi) is 5.25. The fourth-order valence-corrected chi connectivity index (χ4v) is 1.96. The summed E-state index contributed by atoms with van der Waals surface area (Å²) < 4.78 is 25.7. The number of hydrogen-bond donors (Lipinski definition) is 1. The molecular weight excluding hydrogens is 296 g/mol. The van der Waals surface area contributed by atoms with Gasteiger partial charge in [0.15, 0.2) is 0 Å². The van der Waals surface area contributed by atoms with Crippen molar-refractivity contribution in [3.8, 4) is 11.8 Å². The highest BCUT2D eigenvalue weighted by atomic mass is 19.1. The van der Waals surface area contributed by atoms with Crippen LogP contribution in [0.2, 0.25) is 0 Å². The molecule has 1 aliphatic rings. The van der Waals surface area contributed by atoms with Crippen LogP contribution in [0.3, 0.4) is 0 Å². The van der Waals surface area contributed by atoms with E-state index in [0.29, 0.717) is 17.7 Å². The average molecular weight is 317 g/mol. The van der Waals surface area contributed by atoms with E-state index in [1.165, 1.54) is 12.3 Å². The van der Waals surface area contributed by atoms with Crippen molar-refractivity contribution in [3.05, 3.63) is 35.3 Å². The molecule has 2 rings (SSSR count).